The molecule has 2 nitrogen and oxygen atoms in total. The molecule has 1 fully saturated rings. The molecule has 0 aromatic carbocycles. The van der Waals surface area contributed by atoms with E-state index < -0.39 is 0 Å². The highest BCUT2D eigenvalue weighted by Gasteiger charge is 2.13. The van der Waals surface area contributed by atoms with Crippen molar-refractivity contribution in [3.8, 4) is 0 Å². The smallest absolute Gasteiger partial charge is 0.00399 e. The third-order valence-corrected chi connectivity index (χ3v) is 0.622. The second-order valence-electron chi connectivity index (χ2n) is 2.58. The fourth-order valence-corrected chi connectivity index (χ4v) is 0.0962. The lowest BCUT2D eigenvalue weighted by Crippen LogP contribution is -2.06. The van der Waals surface area contributed by atoms with Crippen molar-refractivity contribution in [2.24, 2.45) is 11.5 Å². The highest BCUT2D eigenvalue weighted by atomic mass is 14.7. The van der Waals surface area contributed by atoms with E-state index >= 15 is 0 Å². The van der Waals surface area contributed by atoms with Crippen LogP contribution in [0.5, 0.6) is 0 Å². The predicted molar refractivity (Wildman–Crippen MR) is 36.5 cm³/mol. The van der Waals surface area contributed by atoms with Crippen molar-refractivity contribution in [3.63, 3.8) is 0 Å². The van der Waals surface area contributed by atoms with Crippen molar-refractivity contribution in [1.29, 1.82) is 0 Å². The van der Waals surface area contributed by atoms with Crippen LogP contribution in [0.4, 0.5) is 0 Å². The molecule has 50 valence electrons. The molecule has 0 unspecified atom stereocenters. The van der Waals surface area contributed by atoms with Crippen molar-refractivity contribution in [2.75, 3.05) is 0 Å². The van der Waals surface area contributed by atoms with Gasteiger partial charge in [0.15, 0.2) is 0 Å². The fraction of sp³-hybridized carbons (Fsp3) is 1.00. The Bertz CT molecular complexity index is 45.7. The number of rotatable bonds is 0. The van der Waals surface area contributed by atoms with E-state index in [9.17, 15) is 0 Å². The molecule has 2 heteroatoms. The quantitative estimate of drug-likeness (QED) is 0.483. The number of hydrogen-bond acceptors (Lipinski definition) is 2. The highest BCUT2D eigenvalue weighted by molar-refractivity contribution is 4.75. The van der Waals surface area contributed by atoms with Gasteiger partial charge >= 0.3 is 0 Å². The summed E-state index contributed by atoms with van der Waals surface area (Å²) in [5, 5.41) is 0. The second kappa shape index (κ2) is 3.87. The molecule has 0 bridgehead atoms. The number of nitrogens with two attached hydrogens (primary N) is 2. The first-order valence-corrected chi connectivity index (χ1v) is 3.14. The maximum Gasteiger partial charge on any atom is 0.00399 e. The van der Waals surface area contributed by atoms with Crippen LogP contribution in [0.2, 0.25) is 0 Å². The van der Waals surface area contributed by atoms with E-state index in [4.69, 9.17) is 11.5 Å². The third-order valence-electron chi connectivity index (χ3n) is 0.622. The first kappa shape index (κ1) is 7.92. The van der Waals surface area contributed by atoms with Gasteiger partial charge in [0.05, 0.1) is 0 Å². The second-order valence-corrected chi connectivity index (χ2v) is 2.58. The molecule has 0 aromatic heterocycles. The van der Waals surface area contributed by atoms with Crippen LogP contribution in [0.3, 0.4) is 0 Å². The Morgan fingerprint density at radius 1 is 1.38 bits per heavy atom. The minimum Gasteiger partial charge on any atom is -0.328 e. The van der Waals surface area contributed by atoms with Crippen LogP contribution in [0, 0.1) is 0 Å². The van der Waals surface area contributed by atoms with Gasteiger partial charge in [0.1, 0.15) is 0 Å². The maximum atomic E-state index is 5.22. The Kier molecular flexibility index (Phi) is 3.83. The van der Waals surface area contributed by atoms with Crippen LogP contribution in [0.25, 0.3) is 0 Å². The van der Waals surface area contributed by atoms with Gasteiger partial charge in [-0.05, 0) is 18.9 Å². The zero-order valence-corrected chi connectivity index (χ0v) is 5.72. The lowest BCUT2D eigenvalue weighted by Gasteiger charge is -1.81. The molecule has 0 heterocycles. The molecule has 1 aliphatic rings. The van der Waals surface area contributed by atoms with Crippen molar-refractivity contribution < 1.29 is 0 Å². The Morgan fingerprint density at radius 2 is 1.50 bits per heavy atom. The minimum atomic E-state index is 0.333. The van der Waals surface area contributed by atoms with Crippen LogP contribution in [0.1, 0.15) is 26.7 Å². The van der Waals surface area contributed by atoms with E-state index in [0.29, 0.717) is 12.1 Å². The zero-order chi connectivity index (χ0) is 6.57. The van der Waals surface area contributed by atoms with E-state index in [0.717, 1.165) is 0 Å². The van der Waals surface area contributed by atoms with E-state index in [1.807, 2.05) is 13.8 Å². The average molecular weight is 116 g/mol. The summed E-state index contributed by atoms with van der Waals surface area (Å²) in [5.74, 6) is 0. The lowest BCUT2D eigenvalue weighted by molar-refractivity contribution is 0.834. The van der Waals surface area contributed by atoms with Gasteiger partial charge in [-0.25, -0.2) is 0 Å². The molecule has 0 radical (unpaired) electrons. The van der Waals surface area contributed by atoms with Crippen molar-refractivity contribution in [1.82, 2.24) is 0 Å². The van der Waals surface area contributed by atoms with Crippen LogP contribution in [-0.4, -0.2) is 12.1 Å². The summed E-state index contributed by atoms with van der Waals surface area (Å²) < 4.78 is 0. The predicted octanol–water partition coefficient (Wildman–Crippen LogP) is 0.461. The Labute approximate surface area is 51.2 Å². The van der Waals surface area contributed by atoms with E-state index in [-0.39, 0.29) is 0 Å². The molecule has 0 aliphatic heterocycles. The normalized spacial score (nSPS) is 17.6. The minimum absolute atomic E-state index is 0.333. The molecule has 0 atom stereocenters. The molecular formula is C6H16N2. The van der Waals surface area contributed by atoms with Gasteiger partial charge in [-0.15, -0.1) is 0 Å². The van der Waals surface area contributed by atoms with Crippen LogP contribution < -0.4 is 11.5 Å². The molecule has 0 aromatic rings. The summed E-state index contributed by atoms with van der Waals surface area (Å²) in [4.78, 5) is 0. The molecule has 8 heavy (non-hydrogen) atoms. The topological polar surface area (TPSA) is 52.0 Å². The van der Waals surface area contributed by atoms with Gasteiger partial charge in [-0.2, -0.15) is 0 Å². The Hall–Kier alpha value is -0.0800. The summed E-state index contributed by atoms with van der Waals surface area (Å²) in [6.07, 6.45) is 2.53. The molecular weight excluding hydrogens is 100 g/mol. The third kappa shape index (κ3) is 16.8. The molecule has 0 amide bonds. The van der Waals surface area contributed by atoms with Gasteiger partial charge in [0, 0.05) is 6.04 Å². The van der Waals surface area contributed by atoms with Gasteiger partial charge in [0.2, 0.25) is 0 Å². The standard InChI is InChI=1S/C3H7N.C3H9N/c4-3-1-2-3;1-3(2)4/h3H,1-2,4H2;3H,4H2,1-2H3. The number of hydrogen-bond donors (Lipinski definition) is 2. The fourth-order valence-electron chi connectivity index (χ4n) is 0.0962. The summed E-state index contributed by atoms with van der Waals surface area (Å²) >= 11 is 0. The zero-order valence-electron chi connectivity index (χ0n) is 5.72. The molecule has 1 aliphatic carbocycles. The van der Waals surface area contributed by atoms with E-state index in [1.54, 1.807) is 0 Å². The van der Waals surface area contributed by atoms with E-state index in [2.05, 4.69) is 0 Å². The summed E-state index contributed by atoms with van der Waals surface area (Å²) in [6, 6.07) is 0.917. The van der Waals surface area contributed by atoms with Crippen molar-refractivity contribution >= 4 is 0 Å². The van der Waals surface area contributed by atoms with Gasteiger partial charge in [-0.1, -0.05) is 13.8 Å². The van der Waals surface area contributed by atoms with Crippen molar-refractivity contribution in [3.05, 3.63) is 0 Å². The molecule has 1 rings (SSSR count). The highest BCUT2D eigenvalue weighted by Crippen LogP contribution is 2.13. The van der Waals surface area contributed by atoms with Crippen LogP contribution in [0.15, 0.2) is 0 Å². The molecule has 4 N–H and O–H groups in total. The summed E-state index contributed by atoms with van der Waals surface area (Å²) in [5.41, 5.74) is 10.3. The first-order chi connectivity index (χ1) is 3.63. The summed E-state index contributed by atoms with van der Waals surface area (Å²) in [6.45, 7) is 3.89. The lowest BCUT2D eigenvalue weighted by atomic mass is 10.5. The van der Waals surface area contributed by atoms with E-state index in [1.165, 1.54) is 12.8 Å². The van der Waals surface area contributed by atoms with Crippen LogP contribution >= 0.6 is 0 Å². The monoisotopic (exact) mass is 116 g/mol. The average Bonchev–Trinajstić information content (AvgIpc) is 2.19. The molecule has 1 saturated carbocycles. The molecule has 0 spiro atoms. The maximum absolute atomic E-state index is 5.22. The van der Waals surface area contributed by atoms with Crippen molar-refractivity contribution in [2.45, 2.75) is 38.8 Å². The van der Waals surface area contributed by atoms with Gasteiger partial charge < -0.3 is 11.5 Å². The molecule has 0 saturated heterocycles. The summed E-state index contributed by atoms with van der Waals surface area (Å²) in [7, 11) is 0. The Morgan fingerprint density at radius 3 is 1.50 bits per heavy atom. The van der Waals surface area contributed by atoms with Crippen LogP contribution in [-0.2, 0) is 0 Å². The largest absolute Gasteiger partial charge is 0.328 e. The van der Waals surface area contributed by atoms with Gasteiger partial charge in [0.25, 0.3) is 0 Å². The SMILES string of the molecule is CC(C)N.NC1CC1. The van der Waals surface area contributed by atoms with Gasteiger partial charge in [-0.3, -0.25) is 0 Å². The first-order valence-electron chi connectivity index (χ1n) is 3.14. The Balaban J connectivity index is 0.000000122.